The predicted octanol–water partition coefficient (Wildman–Crippen LogP) is 4.69. The highest BCUT2D eigenvalue weighted by atomic mass is 32.1. The van der Waals surface area contributed by atoms with Crippen LogP contribution >= 0.6 is 11.3 Å². The van der Waals surface area contributed by atoms with E-state index in [2.05, 4.69) is 28.6 Å². The van der Waals surface area contributed by atoms with Gasteiger partial charge in [0.15, 0.2) is 0 Å². The first-order valence-electron chi connectivity index (χ1n) is 10.5. The molecule has 4 amide bonds. The SMILES string of the molecule is Cc1ccc2nc(-c3ccc(NC(=O)NCCN4C(=O)c5ccccc5C4=O)cc3)sc2c1. The molecule has 0 saturated carbocycles. The van der Waals surface area contributed by atoms with E-state index < -0.39 is 6.03 Å². The zero-order valence-corrected chi connectivity index (χ0v) is 18.6. The van der Waals surface area contributed by atoms with Crippen LogP contribution in [-0.2, 0) is 0 Å². The van der Waals surface area contributed by atoms with Crippen LogP contribution < -0.4 is 10.6 Å². The second-order valence-electron chi connectivity index (χ2n) is 7.76. The number of aryl methyl sites for hydroxylation is 1. The Kier molecular flexibility index (Phi) is 5.35. The predicted molar refractivity (Wildman–Crippen MR) is 129 cm³/mol. The molecule has 4 aromatic rings. The summed E-state index contributed by atoms with van der Waals surface area (Å²) in [5, 5.41) is 6.38. The smallest absolute Gasteiger partial charge is 0.319 e. The van der Waals surface area contributed by atoms with Crippen LogP contribution in [0.3, 0.4) is 0 Å². The summed E-state index contributed by atoms with van der Waals surface area (Å²) < 4.78 is 1.14. The van der Waals surface area contributed by atoms with E-state index in [0.29, 0.717) is 16.8 Å². The second-order valence-corrected chi connectivity index (χ2v) is 8.79. The number of rotatable bonds is 5. The third kappa shape index (κ3) is 4.08. The zero-order valence-electron chi connectivity index (χ0n) is 17.8. The van der Waals surface area contributed by atoms with Gasteiger partial charge in [0.2, 0.25) is 0 Å². The molecular formula is C25H20N4O3S. The quantitative estimate of drug-likeness (QED) is 0.426. The number of benzene rings is 3. The summed E-state index contributed by atoms with van der Waals surface area (Å²) in [6.07, 6.45) is 0. The molecule has 0 radical (unpaired) electrons. The maximum Gasteiger partial charge on any atom is 0.319 e. The summed E-state index contributed by atoms with van der Waals surface area (Å²) in [4.78, 5) is 42.8. The summed E-state index contributed by atoms with van der Waals surface area (Å²) in [6, 6.07) is 20.0. The molecule has 8 heteroatoms. The first-order chi connectivity index (χ1) is 16.0. The summed E-state index contributed by atoms with van der Waals surface area (Å²) >= 11 is 1.63. The minimum absolute atomic E-state index is 0.107. The number of urea groups is 1. The fourth-order valence-electron chi connectivity index (χ4n) is 3.75. The maximum absolute atomic E-state index is 12.4. The van der Waals surface area contributed by atoms with Crippen molar-refractivity contribution in [1.29, 1.82) is 0 Å². The Labute approximate surface area is 194 Å². The molecule has 2 N–H and O–H groups in total. The zero-order chi connectivity index (χ0) is 22.9. The van der Waals surface area contributed by atoms with Gasteiger partial charge in [0, 0.05) is 24.3 Å². The number of hydrogen-bond acceptors (Lipinski definition) is 5. The van der Waals surface area contributed by atoms with E-state index in [1.165, 1.54) is 5.56 Å². The number of imide groups is 1. The van der Waals surface area contributed by atoms with E-state index in [1.807, 2.05) is 36.4 Å². The van der Waals surface area contributed by atoms with Crippen LogP contribution in [0.5, 0.6) is 0 Å². The minimum Gasteiger partial charge on any atom is -0.336 e. The molecule has 0 spiro atoms. The van der Waals surface area contributed by atoms with Crippen LogP contribution in [0.2, 0.25) is 0 Å². The van der Waals surface area contributed by atoms with Gasteiger partial charge in [-0.3, -0.25) is 14.5 Å². The lowest BCUT2D eigenvalue weighted by Crippen LogP contribution is -2.39. The van der Waals surface area contributed by atoms with Crippen LogP contribution in [0.15, 0.2) is 66.7 Å². The molecular weight excluding hydrogens is 436 g/mol. The number of carbonyl (C=O) groups excluding carboxylic acids is 3. The Hall–Kier alpha value is -4.04. The van der Waals surface area contributed by atoms with Crippen LogP contribution in [0.1, 0.15) is 26.3 Å². The normalized spacial score (nSPS) is 12.8. The van der Waals surface area contributed by atoms with Crippen LogP contribution in [0.25, 0.3) is 20.8 Å². The van der Waals surface area contributed by atoms with E-state index in [9.17, 15) is 14.4 Å². The number of nitrogens with zero attached hydrogens (tertiary/aromatic N) is 2. The van der Waals surface area contributed by atoms with Gasteiger partial charge >= 0.3 is 6.03 Å². The molecule has 1 aliphatic heterocycles. The van der Waals surface area contributed by atoms with E-state index in [1.54, 1.807) is 35.6 Å². The lowest BCUT2D eigenvalue weighted by Gasteiger charge is -2.14. The summed E-state index contributed by atoms with van der Waals surface area (Å²) in [5.74, 6) is -0.670. The largest absolute Gasteiger partial charge is 0.336 e. The molecule has 1 aromatic heterocycles. The molecule has 2 heterocycles. The van der Waals surface area contributed by atoms with Gasteiger partial charge in [-0.05, 0) is 61.0 Å². The van der Waals surface area contributed by atoms with E-state index in [4.69, 9.17) is 0 Å². The minimum atomic E-state index is -0.408. The Balaban J connectivity index is 1.16. The van der Waals surface area contributed by atoms with Gasteiger partial charge in [0.1, 0.15) is 5.01 Å². The maximum atomic E-state index is 12.4. The van der Waals surface area contributed by atoms with Crippen molar-refractivity contribution >= 4 is 45.1 Å². The highest BCUT2D eigenvalue weighted by Gasteiger charge is 2.34. The average Bonchev–Trinajstić information content (AvgIpc) is 3.34. The molecule has 33 heavy (non-hydrogen) atoms. The molecule has 7 nitrogen and oxygen atoms in total. The molecule has 0 atom stereocenters. The highest BCUT2D eigenvalue weighted by molar-refractivity contribution is 7.21. The second kappa shape index (κ2) is 8.48. The third-order valence-electron chi connectivity index (χ3n) is 5.43. The van der Waals surface area contributed by atoms with Crippen molar-refractivity contribution in [2.75, 3.05) is 18.4 Å². The van der Waals surface area contributed by atoms with Crippen molar-refractivity contribution < 1.29 is 14.4 Å². The van der Waals surface area contributed by atoms with Gasteiger partial charge in [-0.1, -0.05) is 18.2 Å². The lowest BCUT2D eigenvalue weighted by molar-refractivity contribution is 0.0656. The first kappa shape index (κ1) is 20.8. The number of anilines is 1. The number of amides is 4. The molecule has 0 bridgehead atoms. The molecule has 1 aliphatic rings. The van der Waals surface area contributed by atoms with Crippen molar-refractivity contribution in [3.63, 3.8) is 0 Å². The number of hydrogen-bond donors (Lipinski definition) is 2. The van der Waals surface area contributed by atoms with E-state index in [0.717, 1.165) is 25.7 Å². The van der Waals surface area contributed by atoms with Gasteiger partial charge in [-0.15, -0.1) is 11.3 Å². The molecule has 3 aromatic carbocycles. The number of fused-ring (bicyclic) bond motifs is 2. The fourth-order valence-corrected chi connectivity index (χ4v) is 4.82. The molecule has 0 aliphatic carbocycles. The van der Waals surface area contributed by atoms with Gasteiger partial charge in [0.05, 0.1) is 21.3 Å². The Morgan fingerprint density at radius 2 is 1.67 bits per heavy atom. The molecule has 0 unspecified atom stereocenters. The Morgan fingerprint density at radius 1 is 0.970 bits per heavy atom. The van der Waals surface area contributed by atoms with Crippen LogP contribution in [0.4, 0.5) is 10.5 Å². The van der Waals surface area contributed by atoms with Crippen molar-refractivity contribution in [2.45, 2.75) is 6.92 Å². The van der Waals surface area contributed by atoms with Crippen molar-refractivity contribution in [3.05, 3.63) is 83.4 Å². The number of thiazole rings is 1. The highest BCUT2D eigenvalue weighted by Crippen LogP contribution is 2.31. The number of nitrogens with one attached hydrogen (secondary N) is 2. The fraction of sp³-hybridized carbons (Fsp3) is 0.120. The third-order valence-corrected chi connectivity index (χ3v) is 6.50. The Morgan fingerprint density at radius 3 is 2.36 bits per heavy atom. The van der Waals surface area contributed by atoms with Crippen LogP contribution in [-0.4, -0.2) is 40.8 Å². The van der Waals surface area contributed by atoms with Gasteiger partial charge in [0.25, 0.3) is 11.8 Å². The van der Waals surface area contributed by atoms with Crippen molar-refractivity contribution in [1.82, 2.24) is 15.2 Å². The van der Waals surface area contributed by atoms with Gasteiger partial charge in [-0.2, -0.15) is 0 Å². The summed E-state index contributed by atoms with van der Waals surface area (Å²) in [6.45, 7) is 2.32. The van der Waals surface area contributed by atoms with Crippen LogP contribution in [0, 0.1) is 6.92 Å². The Bertz CT molecular complexity index is 1360. The molecule has 0 saturated heterocycles. The number of carbonyl (C=O) groups is 3. The first-order valence-corrected chi connectivity index (χ1v) is 11.3. The van der Waals surface area contributed by atoms with Crippen molar-refractivity contribution in [3.8, 4) is 10.6 Å². The molecule has 5 rings (SSSR count). The van der Waals surface area contributed by atoms with Gasteiger partial charge < -0.3 is 10.6 Å². The monoisotopic (exact) mass is 456 g/mol. The topological polar surface area (TPSA) is 91.4 Å². The summed E-state index contributed by atoms with van der Waals surface area (Å²) in [5.41, 5.74) is 4.58. The number of aromatic nitrogens is 1. The molecule has 164 valence electrons. The van der Waals surface area contributed by atoms with Crippen molar-refractivity contribution in [2.24, 2.45) is 0 Å². The average molecular weight is 457 g/mol. The lowest BCUT2D eigenvalue weighted by atomic mass is 10.1. The van der Waals surface area contributed by atoms with E-state index in [-0.39, 0.29) is 24.9 Å². The molecule has 0 fully saturated rings. The van der Waals surface area contributed by atoms with Gasteiger partial charge in [-0.25, -0.2) is 9.78 Å². The standard InChI is InChI=1S/C25H20N4O3S/c1-15-6-11-20-21(14-15)33-22(28-20)16-7-9-17(10-8-16)27-25(32)26-12-13-29-23(30)18-4-2-3-5-19(18)24(29)31/h2-11,14H,12-13H2,1H3,(H2,26,27,32). The summed E-state index contributed by atoms with van der Waals surface area (Å²) in [7, 11) is 0. The van der Waals surface area contributed by atoms with E-state index >= 15 is 0 Å².